The van der Waals surface area contributed by atoms with Crippen molar-refractivity contribution in [3.63, 3.8) is 0 Å². The number of rotatable bonds is 5. The smallest absolute Gasteiger partial charge is 0.344 e. The molecule has 4 rings (SSSR count). The Morgan fingerprint density at radius 2 is 1.83 bits per heavy atom. The summed E-state index contributed by atoms with van der Waals surface area (Å²) in [5.74, 6) is -1.20. The molecule has 2 aromatic heterocycles. The number of nitrogens with two attached hydrogens (primary N) is 1. The molecule has 2 aromatic carbocycles. The van der Waals surface area contributed by atoms with Gasteiger partial charge in [0.1, 0.15) is 16.9 Å². The van der Waals surface area contributed by atoms with Crippen molar-refractivity contribution in [1.29, 1.82) is 0 Å². The number of aliphatic hydroxyl groups is 1. The number of ether oxygens (including phenoxy) is 1. The Labute approximate surface area is 171 Å². The number of benzene rings is 2. The van der Waals surface area contributed by atoms with Gasteiger partial charge in [0.05, 0.1) is 30.3 Å². The molecule has 4 aromatic rings. The first-order valence-electron chi connectivity index (χ1n) is 9.32. The summed E-state index contributed by atoms with van der Waals surface area (Å²) in [4.78, 5) is 21.7. The number of aliphatic hydroxyl groups excluding tert-OH is 1. The second-order valence-corrected chi connectivity index (χ2v) is 6.74. The highest BCUT2D eigenvalue weighted by atomic mass is 16.5. The lowest BCUT2D eigenvalue weighted by molar-refractivity contribution is 0.0529. The number of fused-ring (bicyclic) bond motifs is 2. The lowest BCUT2D eigenvalue weighted by atomic mass is 10.1. The van der Waals surface area contributed by atoms with Crippen LogP contribution in [0.15, 0.2) is 42.5 Å². The number of aromatic nitrogens is 3. The van der Waals surface area contributed by atoms with Crippen LogP contribution in [0.3, 0.4) is 0 Å². The summed E-state index contributed by atoms with van der Waals surface area (Å²) in [5.41, 5.74) is 8.53. The van der Waals surface area contributed by atoms with Crippen LogP contribution >= 0.6 is 0 Å². The summed E-state index contributed by atoms with van der Waals surface area (Å²) in [7, 11) is 0. The molecule has 0 aliphatic rings. The van der Waals surface area contributed by atoms with E-state index >= 15 is 0 Å². The number of hydrogen-bond donors (Lipinski definition) is 4. The molecule has 5 N–H and O–H groups in total. The van der Waals surface area contributed by atoms with Gasteiger partial charge in [-0.1, -0.05) is 18.2 Å². The van der Waals surface area contributed by atoms with E-state index in [-0.39, 0.29) is 41.5 Å². The molecule has 0 bridgehead atoms. The third kappa shape index (κ3) is 3.25. The first kappa shape index (κ1) is 19.5. The highest BCUT2D eigenvalue weighted by Gasteiger charge is 2.26. The van der Waals surface area contributed by atoms with Gasteiger partial charge in [0.2, 0.25) is 0 Å². The summed E-state index contributed by atoms with van der Waals surface area (Å²) in [6.07, 6.45) is -1.10. The number of phenolic OH excluding ortho intramolecular Hbond substituents is 2. The van der Waals surface area contributed by atoms with E-state index in [1.54, 1.807) is 19.1 Å². The molecular formula is C21H20N4O5. The van der Waals surface area contributed by atoms with E-state index in [1.807, 2.05) is 12.1 Å². The van der Waals surface area contributed by atoms with Crippen molar-refractivity contribution in [3.05, 3.63) is 53.6 Å². The number of carbonyl (C=O) groups excluding carboxylic acids is 1. The molecule has 0 amide bonds. The van der Waals surface area contributed by atoms with Gasteiger partial charge in [-0.2, -0.15) is 0 Å². The number of phenols is 2. The third-order valence-corrected chi connectivity index (χ3v) is 4.81. The number of hydrogen-bond acceptors (Lipinski definition) is 8. The first-order chi connectivity index (χ1) is 14.4. The van der Waals surface area contributed by atoms with Gasteiger partial charge in [-0.05, 0) is 36.8 Å². The van der Waals surface area contributed by atoms with E-state index in [1.165, 1.54) is 22.8 Å². The standard InChI is InChI=1S/C21H20N4O5/c1-2-30-21(29)17-18-20(24-13-6-4-3-5-12(13)23-18)25(19(17)22)10-16(28)11-7-8-14(26)15(27)9-11/h3-9,16,26-28H,2,10,22H2,1H3. The Bertz CT molecular complexity index is 1270. The van der Waals surface area contributed by atoms with Crippen molar-refractivity contribution in [2.24, 2.45) is 0 Å². The molecule has 0 aliphatic carbocycles. The van der Waals surface area contributed by atoms with Crippen LogP contribution in [0.5, 0.6) is 11.5 Å². The molecule has 0 saturated carbocycles. The first-order valence-corrected chi connectivity index (χ1v) is 9.32. The van der Waals surface area contributed by atoms with Gasteiger partial charge in [-0.25, -0.2) is 14.8 Å². The molecule has 1 unspecified atom stereocenters. The maximum absolute atomic E-state index is 12.6. The Balaban J connectivity index is 1.87. The fraction of sp³-hybridized carbons (Fsp3) is 0.190. The zero-order chi connectivity index (χ0) is 21.4. The van der Waals surface area contributed by atoms with Crippen LogP contribution in [-0.2, 0) is 11.3 Å². The molecular weight excluding hydrogens is 388 g/mol. The summed E-state index contributed by atoms with van der Waals surface area (Å²) < 4.78 is 6.63. The minimum Gasteiger partial charge on any atom is -0.504 e. The fourth-order valence-electron chi connectivity index (χ4n) is 3.33. The van der Waals surface area contributed by atoms with Crippen LogP contribution in [0.25, 0.3) is 22.2 Å². The molecule has 2 heterocycles. The van der Waals surface area contributed by atoms with E-state index in [2.05, 4.69) is 9.97 Å². The summed E-state index contributed by atoms with van der Waals surface area (Å²) in [6.45, 7) is 1.80. The van der Waals surface area contributed by atoms with Crippen molar-refractivity contribution in [1.82, 2.24) is 14.5 Å². The van der Waals surface area contributed by atoms with Crippen molar-refractivity contribution in [2.45, 2.75) is 19.6 Å². The molecule has 0 radical (unpaired) electrons. The summed E-state index contributed by atoms with van der Waals surface area (Å²) in [5, 5.41) is 29.9. The predicted octanol–water partition coefficient (Wildman–Crippen LogP) is 2.49. The molecule has 0 aliphatic heterocycles. The molecule has 9 nitrogen and oxygen atoms in total. The van der Waals surface area contributed by atoms with Crippen LogP contribution in [0.1, 0.15) is 28.9 Å². The van der Waals surface area contributed by atoms with E-state index < -0.39 is 12.1 Å². The number of esters is 1. The molecule has 1 atom stereocenters. The second kappa shape index (κ2) is 7.53. The van der Waals surface area contributed by atoms with Gasteiger partial charge in [0.25, 0.3) is 0 Å². The van der Waals surface area contributed by atoms with E-state index in [4.69, 9.17) is 10.5 Å². The van der Waals surface area contributed by atoms with Crippen LogP contribution in [0.4, 0.5) is 5.82 Å². The number of nitrogen functional groups attached to an aromatic ring is 1. The molecule has 9 heteroatoms. The van der Waals surface area contributed by atoms with Crippen LogP contribution < -0.4 is 5.73 Å². The Hall–Kier alpha value is -3.85. The van der Waals surface area contributed by atoms with Gasteiger partial charge < -0.3 is 30.4 Å². The summed E-state index contributed by atoms with van der Waals surface area (Å²) >= 11 is 0. The number of para-hydroxylation sites is 2. The highest BCUT2D eigenvalue weighted by Crippen LogP contribution is 2.32. The largest absolute Gasteiger partial charge is 0.504 e. The zero-order valence-electron chi connectivity index (χ0n) is 16.1. The summed E-state index contributed by atoms with van der Waals surface area (Å²) in [6, 6.07) is 11.2. The molecule has 154 valence electrons. The van der Waals surface area contributed by atoms with Gasteiger partial charge in [0.15, 0.2) is 17.1 Å². The number of carbonyl (C=O) groups is 1. The van der Waals surface area contributed by atoms with E-state index in [0.29, 0.717) is 22.2 Å². The average Bonchev–Trinajstić information content (AvgIpc) is 2.99. The molecule has 0 spiro atoms. The van der Waals surface area contributed by atoms with Gasteiger partial charge in [-0.15, -0.1) is 0 Å². The minimum absolute atomic E-state index is 0.0566. The van der Waals surface area contributed by atoms with E-state index in [9.17, 15) is 20.1 Å². The van der Waals surface area contributed by atoms with Crippen molar-refractivity contribution in [3.8, 4) is 11.5 Å². The minimum atomic E-state index is -1.10. The third-order valence-electron chi connectivity index (χ3n) is 4.81. The highest BCUT2D eigenvalue weighted by molar-refractivity contribution is 6.08. The predicted molar refractivity (Wildman–Crippen MR) is 110 cm³/mol. The fourth-order valence-corrected chi connectivity index (χ4v) is 3.33. The Morgan fingerprint density at radius 1 is 1.13 bits per heavy atom. The quantitative estimate of drug-likeness (QED) is 0.291. The van der Waals surface area contributed by atoms with Gasteiger partial charge >= 0.3 is 5.97 Å². The molecule has 0 saturated heterocycles. The average molecular weight is 408 g/mol. The van der Waals surface area contributed by atoms with E-state index in [0.717, 1.165) is 0 Å². The molecule has 30 heavy (non-hydrogen) atoms. The Kier molecular flexibility index (Phi) is 4.88. The lowest BCUT2D eigenvalue weighted by Crippen LogP contribution is -2.13. The van der Waals surface area contributed by atoms with Crippen LogP contribution in [-0.4, -0.2) is 42.4 Å². The van der Waals surface area contributed by atoms with Crippen molar-refractivity contribution >= 4 is 34.0 Å². The number of aromatic hydroxyl groups is 2. The Morgan fingerprint density at radius 3 is 2.50 bits per heavy atom. The maximum atomic E-state index is 12.6. The maximum Gasteiger partial charge on any atom is 0.344 e. The number of anilines is 1. The zero-order valence-corrected chi connectivity index (χ0v) is 16.1. The molecule has 0 fully saturated rings. The monoisotopic (exact) mass is 408 g/mol. The second-order valence-electron chi connectivity index (χ2n) is 6.74. The van der Waals surface area contributed by atoms with Crippen LogP contribution in [0, 0.1) is 0 Å². The normalized spacial score (nSPS) is 12.3. The van der Waals surface area contributed by atoms with Crippen molar-refractivity contribution < 1.29 is 24.9 Å². The van der Waals surface area contributed by atoms with Gasteiger partial charge in [0, 0.05) is 0 Å². The lowest BCUT2D eigenvalue weighted by Gasteiger charge is -2.15. The topological polar surface area (TPSA) is 144 Å². The SMILES string of the molecule is CCOC(=O)c1c(N)n(CC(O)c2ccc(O)c(O)c2)c2nc3ccccc3nc12. The van der Waals surface area contributed by atoms with Crippen molar-refractivity contribution in [2.75, 3.05) is 12.3 Å². The number of nitrogens with zero attached hydrogens (tertiary/aromatic N) is 3. The van der Waals surface area contributed by atoms with Crippen LogP contribution in [0.2, 0.25) is 0 Å². The van der Waals surface area contributed by atoms with Gasteiger partial charge in [-0.3, -0.25) is 0 Å².